The summed E-state index contributed by atoms with van der Waals surface area (Å²) < 4.78 is 0. The lowest BCUT2D eigenvalue weighted by atomic mass is 10.0. The minimum Gasteiger partial charge on any atom is -0.506 e. The van der Waals surface area contributed by atoms with Crippen LogP contribution >= 0.6 is 0 Å². The van der Waals surface area contributed by atoms with Crippen molar-refractivity contribution in [2.75, 3.05) is 53.6 Å². The molecule has 0 radical (unpaired) electrons. The zero-order valence-electron chi connectivity index (χ0n) is 23.1. The number of benzene rings is 1. The van der Waals surface area contributed by atoms with Gasteiger partial charge in [0, 0.05) is 43.5 Å². The maximum absolute atomic E-state index is 10.7. The number of aromatic hydroxyl groups is 1. The second-order valence-electron chi connectivity index (χ2n) is 10.6. The van der Waals surface area contributed by atoms with Crippen molar-refractivity contribution in [1.82, 2.24) is 19.9 Å². The number of phenols is 1. The molecule has 9 nitrogen and oxygen atoms in total. The van der Waals surface area contributed by atoms with E-state index in [1.807, 2.05) is 12.1 Å². The molecular weight excluding hydrogens is 464 g/mol. The van der Waals surface area contributed by atoms with E-state index in [1.54, 1.807) is 6.07 Å². The second kappa shape index (κ2) is 13.1. The van der Waals surface area contributed by atoms with E-state index in [-0.39, 0.29) is 5.75 Å². The molecule has 0 spiro atoms. The topological polar surface area (TPSA) is 101 Å². The van der Waals surface area contributed by atoms with Gasteiger partial charge in [-0.15, -0.1) is 0 Å². The summed E-state index contributed by atoms with van der Waals surface area (Å²) in [5.74, 6) is 2.67. The third-order valence-corrected chi connectivity index (χ3v) is 7.96. The molecule has 1 aliphatic heterocycles. The molecule has 0 bridgehead atoms. The molecule has 1 aliphatic carbocycles. The van der Waals surface area contributed by atoms with Crippen LogP contribution in [-0.4, -0.2) is 69.8 Å². The van der Waals surface area contributed by atoms with Gasteiger partial charge in [-0.2, -0.15) is 15.0 Å². The van der Waals surface area contributed by atoms with Crippen LogP contribution in [0.3, 0.4) is 0 Å². The predicted octanol–water partition coefficient (Wildman–Crippen LogP) is 5.44. The lowest BCUT2D eigenvalue weighted by Gasteiger charge is -2.23. The van der Waals surface area contributed by atoms with E-state index in [0.29, 0.717) is 29.9 Å². The molecule has 0 amide bonds. The SMILES string of the molecule is CCN(CC)c1ccc(Nc2nc(NCC3CCCN3CC)nc(NC3CCCC(C)CC3)n2)cc1O. The molecule has 204 valence electrons. The summed E-state index contributed by atoms with van der Waals surface area (Å²) in [5.41, 5.74) is 1.57. The summed E-state index contributed by atoms with van der Waals surface area (Å²) in [6.07, 6.45) is 8.45. The van der Waals surface area contributed by atoms with E-state index < -0.39 is 0 Å². The first kappa shape index (κ1) is 27.2. The molecule has 9 heteroatoms. The van der Waals surface area contributed by atoms with Gasteiger partial charge in [0.2, 0.25) is 17.8 Å². The van der Waals surface area contributed by atoms with Crippen molar-refractivity contribution in [1.29, 1.82) is 0 Å². The highest BCUT2D eigenvalue weighted by atomic mass is 16.3. The van der Waals surface area contributed by atoms with Crippen LogP contribution in [0.2, 0.25) is 0 Å². The molecule has 1 saturated carbocycles. The fourth-order valence-electron chi connectivity index (χ4n) is 5.70. The van der Waals surface area contributed by atoms with Gasteiger partial charge in [0.05, 0.1) is 5.69 Å². The molecule has 4 rings (SSSR count). The van der Waals surface area contributed by atoms with E-state index in [4.69, 9.17) is 9.97 Å². The lowest BCUT2D eigenvalue weighted by Crippen LogP contribution is -2.35. The summed E-state index contributed by atoms with van der Waals surface area (Å²) in [5, 5.41) is 21.0. The van der Waals surface area contributed by atoms with Crippen molar-refractivity contribution in [3.05, 3.63) is 18.2 Å². The Hall–Kier alpha value is -2.81. The number of hydrogen-bond donors (Lipinski definition) is 4. The molecule has 2 fully saturated rings. The molecule has 2 heterocycles. The first-order valence-corrected chi connectivity index (χ1v) is 14.3. The zero-order chi connectivity index (χ0) is 26.2. The third-order valence-electron chi connectivity index (χ3n) is 7.96. The van der Waals surface area contributed by atoms with Gasteiger partial charge in [-0.3, -0.25) is 4.90 Å². The Bertz CT molecular complexity index is 998. The highest BCUT2D eigenvalue weighted by Gasteiger charge is 2.23. The van der Waals surface area contributed by atoms with E-state index in [2.05, 4.69) is 58.4 Å². The minimum absolute atomic E-state index is 0.243. The van der Waals surface area contributed by atoms with E-state index in [0.717, 1.165) is 62.9 Å². The van der Waals surface area contributed by atoms with Crippen molar-refractivity contribution >= 4 is 29.2 Å². The van der Waals surface area contributed by atoms with E-state index >= 15 is 0 Å². The number of likely N-dealkylation sites (N-methyl/N-ethyl adjacent to an activating group) is 1. The Kier molecular flexibility index (Phi) is 9.66. The summed E-state index contributed by atoms with van der Waals surface area (Å²) in [6, 6.07) is 6.51. The van der Waals surface area contributed by atoms with Crippen molar-refractivity contribution in [2.24, 2.45) is 5.92 Å². The number of likely N-dealkylation sites (tertiary alicyclic amines) is 1. The van der Waals surface area contributed by atoms with Crippen LogP contribution in [0.25, 0.3) is 0 Å². The molecule has 4 N–H and O–H groups in total. The van der Waals surface area contributed by atoms with Crippen LogP contribution in [0, 0.1) is 5.92 Å². The molecule has 3 atom stereocenters. The van der Waals surface area contributed by atoms with E-state index in [1.165, 1.54) is 32.1 Å². The van der Waals surface area contributed by atoms with Crippen LogP contribution in [0.4, 0.5) is 29.2 Å². The number of phenolic OH excluding ortho intramolecular Hbond substituents is 1. The van der Waals surface area contributed by atoms with E-state index in [9.17, 15) is 5.11 Å². The van der Waals surface area contributed by atoms with Crippen LogP contribution < -0.4 is 20.9 Å². The molecule has 1 aromatic heterocycles. The van der Waals surface area contributed by atoms with Gasteiger partial charge in [-0.05, 0) is 77.1 Å². The first-order chi connectivity index (χ1) is 18.0. The molecule has 1 saturated heterocycles. The number of rotatable bonds is 11. The summed E-state index contributed by atoms with van der Waals surface area (Å²) in [4.78, 5) is 18.8. The lowest BCUT2D eigenvalue weighted by molar-refractivity contribution is 0.277. The average molecular weight is 511 g/mol. The summed E-state index contributed by atoms with van der Waals surface area (Å²) in [6.45, 7) is 13.5. The maximum atomic E-state index is 10.7. The number of hydrogen-bond acceptors (Lipinski definition) is 9. The van der Waals surface area contributed by atoms with Crippen LogP contribution in [0.1, 0.15) is 72.6 Å². The number of nitrogens with zero attached hydrogens (tertiary/aromatic N) is 5. The first-order valence-electron chi connectivity index (χ1n) is 14.3. The highest BCUT2D eigenvalue weighted by molar-refractivity contribution is 5.67. The molecule has 3 unspecified atom stereocenters. The van der Waals surface area contributed by atoms with Crippen molar-refractivity contribution < 1.29 is 5.11 Å². The summed E-state index contributed by atoms with van der Waals surface area (Å²) >= 11 is 0. The summed E-state index contributed by atoms with van der Waals surface area (Å²) in [7, 11) is 0. The fraction of sp³-hybridized carbons (Fsp3) is 0.679. The van der Waals surface area contributed by atoms with Gasteiger partial charge in [0.25, 0.3) is 0 Å². The molecule has 2 aromatic rings. The van der Waals surface area contributed by atoms with Gasteiger partial charge in [-0.1, -0.05) is 26.7 Å². The van der Waals surface area contributed by atoms with Gasteiger partial charge < -0.3 is 26.0 Å². The minimum atomic E-state index is 0.243. The normalized spacial score (nSPS) is 22.4. The zero-order valence-corrected chi connectivity index (χ0v) is 23.1. The Morgan fingerprint density at radius 2 is 1.73 bits per heavy atom. The van der Waals surface area contributed by atoms with Gasteiger partial charge in [0.15, 0.2) is 0 Å². The number of aromatic nitrogens is 3. The third kappa shape index (κ3) is 7.37. The van der Waals surface area contributed by atoms with Crippen molar-refractivity contribution in [2.45, 2.75) is 84.7 Å². The smallest absolute Gasteiger partial charge is 0.233 e. The monoisotopic (exact) mass is 510 g/mol. The second-order valence-corrected chi connectivity index (χ2v) is 10.6. The number of anilines is 5. The van der Waals surface area contributed by atoms with Gasteiger partial charge in [-0.25, -0.2) is 0 Å². The highest BCUT2D eigenvalue weighted by Crippen LogP contribution is 2.31. The Morgan fingerprint density at radius 1 is 0.946 bits per heavy atom. The molecule has 1 aromatic carbocycles. The average Bonchev–Trinajstić information content (AvgIpc) is 3.25. The molecule has 37 heavy (non-hydrogen) atoms. The fourth-order valence-corrected chi connectivity index (χ4v) is 5.70. The largest absolute Gasteiger partial charge is 0.506 e. The van der Waals surface area contributed by atoms with Gasteiger partial charge >= 0.3 is 0 Å². The van der Waals surface area contributed by atoms with Crippen LogP contribution in [-0.2, 0) is 0 Å². The van der Waals surface area contributed by atoms with Crippen LogP contribution in [0.5, 0.6) is 5.75 Å². The number of nitrogens with one attached hydrogen (secondary N) is 3. The molecular formula is C28H46N8O. The Morgan fingerprint density at radius 3 is 2.49 bits per heavy atom. The predicted molar refractivity (Wildman–Crippen MR) is 153 cm³/mol. The maximum Gasteiger partial charge on any atom is 0.233 e. The standard InChI is InChI=1S/C28H46N8O/c1-5-35(6-2)24-16-15-22(18-25(24)37)31-28-33-26(29-19-23-12-9-17-36(23)7-3)32-27(34-28)30-21-11-8-10-20(4)13-14-21/h15-16,18,20-21,23,37H,5-14,17,19H2,1-4H3,(H3,29,30,31,32,33,34). The van der Waals surface area contributed by atoms with Gasteiger partial charge in [0.1, 0.15) is 5.75 Å². The van der Waals surface area contributed by atoms with Crippen molar-refractivity contribution in [3.63, 3.8) is 0 Å². The quantitative estimate of drug-likeness (QED) is 0.294. The Labute approximate surface area is 222 Å². The molecule has 2 aliphatic rings. The Balaban J connectivity index is 1.52. The van der Waals surface area contributed by atoms with Crippen molar-refractivity contribution in [3.8, 4) is 5.75 Å². The van der Waals surface area contributed by atoms with Crippen LogP contribution in [0.15, 0.2) is 18.2 Å².